The Morgan fingerprint density at radius 3 is 2.33 bits per heavy atom. The van der Waals surface area contributed by atoms with Crippen molar-refractivity contribution < 1.29 is 4.74 Å². The zero-order valence-electron chi connectivity index (χ0n) is 10.0. The van der Waals surface area contributed by atoms with Gasteiger partial charge in [0.05, 0.1) is 5.60 Å². The average Bonchev–Trinajstić information content (AvgIpc) is 2.18. The van der Waals surface area contributed by atoms with E-state index in [1.54, 1.807) is 0 Å². The van der Waals surface area contributed by atoms with E-state index in [0.29, 0.717) is 0 Å². The summed E-state index contributed by atoms with van der Waals surface area (Å²) in [7, 11) is 1.83. The van der Waals surface area contributed by atoms with Crippen molar-refractivity contribution >= 4 is 0 Å². The van der Waals surface area contributed by atoms with Crippen LogP contribution in [0.1, 0.15) is 57.8 Å². The van der Waals surface area contributed by atoms with Gasteiger partial charge in [-0.15, -0.1) is 0 Å². The maximum absolute atomic E-state index is 6.33. The van der Waals surface area contributed by atoms with E-state index in [9.17, 15) is 0 Å². The van der Waals surface area contributed by atoms with Crippen LogP contribution in [-0.2, 0) is 4.74 Å². The Bertz CT molecular complexity index is 189. The maximum Gasteiger partial charge on any atom is 0.0829 e. The lowest BCUT2D eigenvalue weighted by atomic mass is 9.71. The molecule has 0 spiro atoms. The van der Waals surface area contributed by atoms with Gasteiger partial charge in [-0.1, -0.05) is 32.1 Å². The van der Waals surface area contributed by atoms with Crippen LogP contribution in [0.5, 0.6) is 0 Å². The maximum atomic E-state index is 6.33. The quantitative estimate of drug-likeness (QED) is 0.776. The summed E-state index contributed by atoms with van der Waals surface area (Å²) in [6.07, 6.45) is 11.9. The number of rotatable bonds is 4. The number of hydrogen-bond acceptors (Lipinski definition) is 2. The van der Waals surface area contributed by atoms with Crippen molar-refractivity contribution in [2.24, 2.45) is 11.7 Å². The second kappa shape index (κ2) is 4.84. The number of nitrogens with two attached hydrogens (primary N) is 1. The lowest BCUT2D eigenvalue weighted by Gasteiger charge is -2.46. The Labute approximate surface area is 93.6 Å². The zero-order chi connectivity index (χ0) is 10.7. The molecule has 2 heteroatoms. The average molecular weight is 211 g/mol. The first kappa shape index (κ1) is 11.4. The molecule has 0 radical (unpaired) electrons. The molecule has 0 aromatic carbocycles. The van der Waals surface area contributed by atoms with Gasteiger partial charge in [-0.2, -0.15) is 0 Å². The van der Waals surface area contributed by atoms with Crippen LogP contribution >= 0.6 is 0 Å². The van der Waals surface area contributed by atoms with Crippen molar-refractivity contribution in [2.75, 3.05) is 7.11 Å². The van der Waals surface area contributed by atoms with Gasteiger partial charge < -0.3 is 10.5 Å². The molecule has 2 nitrogen and oxygen atoms in total. The fraction of sp³-hybridized carbons (Fsp3) is 1.00. The van der Waals surface area contributed by atoms with E-state index in [2.05, 4.69) is 0 Å². The third kappa shape index (κ3) is 2.36. The van der Waals surface area contributed by atoms with E-state index in [-0.39, 0.29) is 11.6 Å². The summed E-state index contributed by atoms with van der Waals surface area (Å²) in [5.74, 6) is 0.876. The third-order valence-corrected chi connectivity index (χ3v) is 4.59. The van der Waals surface area contributed by atoms with Gasteiger partial charge >= 0.3 is 0 Å². The molecule has 0 aliphatic heterocycles. The van der Waals surface area contributed by atoms with Crippen LogP contribution in [-0.4, -0.2) is 18.8 Å². The molecule has 0 bridgehead atoms. The van der Waals surface area contributed by atoms with Gasteiger partial charge in [0.2, 0.25) is 0 Å². The molecule has 2 rings (SSSR count). The Hall–Kier alpha value is -0.0800. The Kier molecular flexibility index (Phi) is 3.68. The largest absolute Gasteiger partial charge is 0.377 e. The van der Waals surface area contributed by atoms with Crippen molar-refractivity contribution in [3.05, 3.63) is 0 Å². The second-order valence-electron chi connectivity index (χ2n) is 5.47. The van der Waals surface area contributed by atoms with E-state index >= 15 is 0 Å². The minimum absolute atomic E-state index is 0.0530. The van der Waals surface area contributed by atoms with E-state index < -0.39 is 0 Å². The minimum atomic E-state index is 0.0530. The Morgan fingerprint density at radius 1 is 1.20 bits per heavy atom. The SMILES string of the molecule is COC1(C(N)CC2CCCCC2)CCC1. The van der Waals surface area contributed by atoms with E-state index in [0.717, 1.165) is 5.92 Å². The molecule has 2 aliphatic rings. The molecular weight excluding hydrogens is 186 g/mol. The molecule has 15 heavy (non-hydrogen) atoms. The Morgan fingerprint density at radius 2 is 1.87 bits per heavy atom. The lowest BCUT2D eigenvalue weighted by molar-refractivity contribution is -0.0947. The standard InChI is InChI=1S/C13H25NO/c1-15-13(8-5-9-13)12(14)10-11-6-3-2-4-7-11/h11-12H,2-10,14H2,1H3. The number of ether oxygens (including phenoxy) is 1. The molecule has 0 saturated heterocycles. The van der Waals surface area contributed by atoms with Crippen LogP contribution < -0.4 is 5.73 Å². The lowest BCUT2D eigenvalue weighted by Crippen LogP contribution is -2.55. The topological polar surface area (TPSA) is 35.2 Å². The van der Waals surface area contributed by atoms with E-state index in [4.69, 9.17) is 10.5 Å². The predicted molar refractivity (Wildman–Crippen MR) is 62.8 cm³/mol. The predicted octanol–water partition coefficient (Wildman–Crippen LogP) is 2.85. The van der Waals surface area contributed by atoms with Crippen molar-refractivity contribution in [3.63, 3.8) is 0 Å². The molecule has 0 aromatic heterocycles. The molecule has 2 fully saturated rings. The van der Waals surface area contributed by atoms with Crippen molar-refractivity contribution in [3.8, 4) is 0 Å². The van der Waals surface area contributed by atoms with Crippen LogP contribution in [0, 0.1) is 5.92 Å². The highest BCUT2D eigenvalue weighted by Gasteiger charge is 2.43. The highest BCUT2D eigenvalue weighted by Crippen LogP contribution is 2.40. The molecular formula is C13H25NO. The van der Waals surface area contributed by atoms with E-state index in [1.165, 1.54) is 57.8 Å². The molecule has 0 aromatic rings. The van der Waals surface area contributed by atoms with Gasteiger partial charge in [0, 0.05) is 13.2 Å². The first-order valence-corrected chi connectivity index (χ1v) is 6.57. The number of methoxy groups -OCH3 is 1. The summed E-state index contributed by atoms with van der Waals surface area (Å²) in [6.45, 7) is 0. The Balaban J connectivity index is 1.82. The van der Waals surface area contributed by atoms with Crippen molar-refractivity contribution in [1.82, 2.24) is 0 Å². The van der Waals surface area contributed by atoms with Crippen LogP contribution in [0.3, 0.4) is 0 Å². The first-order chi connectivity index (χ1) is 7.27. The fourth-order valence-electron chi connectivity index (χ4n) is 3.25. The van der Waals surface area contributed by atoms with Crippen LogP contribution in [0.15, 0.2) is 0 Å². The van der Waals surface area contributed by atoms with Gasteiger partial charge in [0.1, 0.15) is 0 Å². The first-order valence-electron chi connectivity index (χ1n) is 6.57. The molecule has 88 valence electrons. The monoisotopic (exact) mass is 211 g/mol. The molecule has 0 heterocycles. The van der Waals surface area contributed by atoms with Gasteiger partial charge in [-0.05, 0) is 31.6 Å². The molecule has 1 unspecified atom stereocenters. The van der Waals surface area contributed by atoms with Gasteiger partial charge in [0.15, 0.2) is 0 Å². The molecule has 2 aliphatic carbocycles. The van der Waals surface area contributed by atoms with Crippen LogP contribution in [0.25, 0.3) is 0 Å². The third-order valence-electron chi connectivity index (χ3n) is 4.59. The van der Waals surface area contributed by atoms with Crippen molar-refractivity contribution in [1.29, 1.82) is 0 Å². The fourth-order valence-corrected chi connectivity index (χ4v) is 3.25. The van der Waals surface area contributed by atoms with Crippen molar-refractivity contribution in [2.45, 2.75) is 69.4 Å². The molecule has 0 amide bonds. The van der Waals surface area contributed by atoms with Gasteiger partial charge in [-0.3, -0.25) is 0 Å². The normalized spacial score (nSPS) is 28.4. The zero-order valence-corrected chi connectivity index (χ0v) is 10.0. The smallest absolute Gasteiger partial charge is 0.0829 e. The second-order valence-corrected chi connectivity index (χ2v) is 5.47. The molecule has 1 atom stereocenters. The summed E-state index contributed by atoms with van der Waals surface area (Å²) in [6, 6.07) is 0.277. The van der Waals surface area contributed by atoms with E-state index in [1.807, 2.05) is 7.11 Å². The minimum Gasteiger partial charge on any atom is -0.377 e. The summed E-state index contributed by atoms with van der Waals surface area (Å²) in [5, 5.41) is 0. The summed E-state index contributed by atoms with van der Waals surface area (Å²) in [5.41, 5.74) is 6.38. The summed E-state index contributed by atoms with van der Waals surface area (Å²) in [4.78, 5) is 0. The highest BCUT2D eigenvalue weighted by atomic mass is 16.5. The highest BCUT2D eigenvalue weighted by molar-refractivity contribution is 4.98. The van der Waals surface area contributed by atoms with Crippen LogP contribution in [0.4, 0.5) is 0 Å². The van der Waals surface area contributed by atoms with Gasteiger partial charge in [0.25, 0.3) is 0 Å². The summed E-state index contributed by atoms with van der Waals surface area (Å²) < 4.78 is 5.65. The van der Waals surface area contributed by atoms with Crippen LogP contribution in [0.2, 0.25) is 0 Å². The molecule has 2 saturated carbocycles. The molecule has 2 N–H and O–H groups in total. The number of hydrogen-bond donors (Lipinski definition) is 1. The van der Waals surface area contributed by atoms with Gasteiger partial charge in [-0.25, -0.2) is 0 Å². The summed E-state index contributed by atoms with van der Waals surface area (Å²) >= 11 is 0.